The molecule has 0 fully saturated rings. The van der Waals surface area contributed by atoms with Crippen LogP contribution in [0.15, 0.2) is 18.2 Å². The minimum atomic E-state index is -3.80. The van der Waals surface area contributed by atoms with Crippen LogP contribution >= 0.6 is 0 Å². The molecule has 0 saturated carbocycles. The normalized spacial score (nSPS) is 11.0. The Labute approximate surface area is 126 Å². The summed E-state index contributed by atoms with van der Waals surface area (Å²) >= 11 is 0. The van der Waals surface area contributed by atoms with Crippen LogP contribution in [0.3, 0.4) is 0 Å². The zero-order valence-electron chi connectivity index (χ0n) is 10.7. The SMILES string of the molecule is Cc1ccc(C)c(CCCCS(=O)(=O)O)c1.[Na+]. The summed E-state index contributed by atoms with van der Waals surface area (Å²) < 4.78 is 29.6. The molecule has 0 aliphatic rings. The largest absolute Gasteiger partial charge is 1.00 e. The van der Waals surface area contributed by atoms with Crippen molar-refractivity contribution in [2.45, 2.75) is 33.1 Å². The summed E-state index contributed by atoms with van der Waals surface area (Å²) in [5.74, 6) is -0.141. The van der Waals surface area contributed by atoms with Gasteiger partial charge >= 0.3 is 29.6 Å². The van der Waals surface area contributed by atoms with Crippen LogP contribution in [0.1, 0.15) is 29.5 Å². The molecular formula is C12H18NaO3S+. The van der Waals surface area contributed by atoms with Gasteiger partial charge in [-0.1, -0.05) is 23.8 Å². The third-order valence-electron chi connectivity index (χ3n) is 2.60. The zero-order valence-corrected chi connectivity index (χ0v) is 13.5. The number of hydrogen-bond acceptors (Lipinski definition) is 2. The first-order valence-electron chi connectivity index (χ1n) is 5.40. The predicted octanol–water partition coefficient (Wildman–Crippen LogP) is -0.482. The molecule has 0 unspecified atom stereocenters. The van der Waals surface area contributed by atoms with Crippen molar-refractivity contribution in [1.82, 2.24) is 0 Å². The molecule has 1 rings (SSSR count). The fourth-order valence-corrected chi connectivity index (χ4v) is 2.24. The van der Waals surface area contributed by atoms with Crippen LogP contribution in [0, 0.1) is 13.8 Å². The Morgan fingerprint density at radius 2 is 1.82 bits per heavy atom. The van der Waals surface area contributed by atoms with Crippen LogP contribution in [0.4, 0.5) is 0 Å². The van der Waals surface area contributed by atoms with Gasteiger partial charge in [-0.2, -0.15) is 8.42 Å². The van der Waals surface area contributed by atoms with Crippen molar-refractivity contribution < 1.29 is 42.5 Å². The average molecular weight is 265 g/mol. The summed E-state index contributed by atoms with van der Waals surface area (Å²) in [5.41, 5.74) is 3.71. The molecule has 0 bridgehead atoms. The topological polar surface area (TPSA) is 54.4 Å². The van der Waals surface area contributed by atoms with Gasteiger partial charge in [0.1, 0.15) is 0 Å². The van der Waals surface area contributed by atoms with E-state index in [-0.39, 0.29) is 35.3 Å². The number of aryl methyl sites for hydroxylation is 3. The summed E-state index contributed by atoms with van der Waals surface area (Å²) in [5, 5.41) is 0. The van der Waals surface area contributed by atoms with E-state index in [1.807, 2.05) is 6.92 Å². The minimum Gasteiger partial charge on any atom is -0.286 e. The Balaban J connectivity index is 0.00000256. The van der Waals surface area contributed by atoms with Gasteiger partial charge < -0.3 is 0 Å². The van der Waals surface area contributed by atoms with Crippen molar-refractivity contribution in [2.75, 3.05) is 5.75 Å². The molecule has 0 aliphatic heterocycles. The number of unbranched alkanes of at least 4 members (excludes halogenated alkanes) is 1. The molecule has 0 aromatic heterocycles. The Morgan fingerprint density at radius 3 is 2.41 bits per heavy atom. The Bertz CT molecular complexity index is 455. The summed E-state index contributed by atoms with van der Waals surface area (Å²) in [6, 6.07) is 6.27. The maximum absolute atomic E-state index is 10.5. The van der Waals surface area contributed by atoms with Crippen molar-refractivity contribution in [1.29, 1.82) is 0 Å². The Hall–Kier alpha value is 0.130. The molecule has 3 nitrogen and oxygen atoms in total. The van der Waals surface area contributed by atoms with E-state index < -0.39 is 10.1 Å². The van der Waals surface area contributed by atoms with Gasteiger partial charge in [0, 0.05) is 0 Å². The van der Waals surface area contributed by atoms with Gasteiger partial charge in [-0.3, -0.25) is 4.55 Å². The van der Waals surface area contributed by atoms with E-state index in [1.165, 1.54) is 16.7 Å². The first-order valence-corrected chi connectivity index (χ1v) is 7.01. The van der Waals surface area contributed by atoms with Crippen molar-refractivity contribution in [3.8, 4) is 0 Å². The second-order valence-electron chi connectivity index (χ2n) is 4.17. The fourth-order valence-electron chi connectivity index (χ4n) is 1.67. The van der Waals surface area contributed by atoms with E-state index in [2.05, 4.69) is 25.1 Å². The van der Waals surface area contributed by atoms with Crippen LogP contribution < -0.4 is 29.6 Å². The zero-order chi connectivity index (χ0) is 12.2. The number of benzene rings is 1. The van der Waals surface area contributed by atoms with Crippen LogP contribution in [0.25, 0.3) is 0 Å². The molecule has 0 radical (unpaired) electrons. The molecule has 0 heterocycles. The first kappa shape index (κ1) is 17.1. The monoisotopic (exact) mass is 265 g/mol. The molecule has 90 valence electrons. The molecule has 5 heteroatoms. The molecule has 0 saturated heterocycles. The van der Waals surface area contributed by atoms with E-state index >= 15 is 0 Å². The third kappa shape index (κ3) is 7.21. The van der Waals surface area contributed by atoms with Gasteiger partial charge in [-0.05, 0) is 44.2 Å². The maximum Gasteiger partial charge on any atom is 1.00 e. The molecule has 0 aliphatic carbocycles. The Morgan fingerprint density at radius 1 is 1.18 bits per heavy atom. The van der Waals surface area contributed by atoms with Gasteiger partial charge in [0.2, 0.25) is 0 Å². The van der Waals surface area contributed by atoms with Crippen molar-refractivity contribution >= 4 is 10.1 Å². The molecule has 17 heavy (non-hydrogen) atoms. The Kier molecular flexibility index (Phi) is 7.60. The molecule has 1 aromatic carbocycles. The summed E-state index contributed by atoms with van der Waals surface area (Å²) in [6.07, 6.45) is 2.15. The number of rotatable bonds is 5. The van der Waals surface area contributed by atoms with E-state index in [1.54, 1.807) is 0 Å². The van der Waals surface area contributed by atoms with Crippen LogP contribution in [0.5, 0.6) is 0 Å². The van der Waals surface area contributed by atoms with Crippen LogP contribution in [0.2, 0.25) is 0 Å². The van der Waals surface area contributed by atoms with Gasteiger partial charge in [0.05, 0.1) is 5.75 Å². The van der Waals surface area contributed by atoms with Gasteiger partial charge in [-0.15, -0.1) is 0 Å². The van der Waals surface area contributed by atoms with Gasteiger partial charge in [-0.25, -0.2) is 0 Å². The smallest absolute Gasteiger partial charge is 0.286 e. The van der Waals surface area contributed by atoms with E-state index in [0.29, 0.717) is 6.42 Å². The van der Waals surface area contributed by atoms with Crippen molar-refractivity contribution in [3.63, 3.8) is 0 Å². The standard InChI is InChI=1S/C12H18O3S.Na/c1-10-6-7-11(2)12(9-10)5-3-4-8-16(13,14)15;/h6-7,9H,3-5,8H2,1-2H3,(H,13,14,15);/q;+1. The van der Waals surface area contributed by atoms with Crippen molar-refractivity contribution in [3.05, 3.63) is 34.9 Å². The molecule has 0 amide bonds. The predicted molar refractivity (Wildman–Crippen MR) is 65.3 cm³/mol. The van der Waals surface area contributed by atoms with Crippen LogP contribution in [-0.2, 0) is 16.5 Å². The summed E-state index contributed by atoms with van der Waals surface area (Å²) in [4.78, 5) is 0. The van der Waals surface area contributed by atoms with E-state index in [0.717, 1.165) is 12.8 Å². The molecule has 1 N–H and O–H groups in total. The molecule has 1 aromatic rings. The molecular weight excluding hydrogens is 247 g/mol. The third-order valence-corrected chi connectivity index (χ3v) is 3.41. The summed E-state index contributed by atoms with van der Waals surface area (Å²) in [6.45, 7) is 4.10. The second kappa shape index (κ2) is 7.54. The van der Waals surface area contributed by atoms with Gasteiger partial charge in [0.25, 0.3) is 10.1 Å². The van der Waals surface area contributed by atoms with E-state index in [9.17, 15) is 8.42 Å². The minimum absolute atomic E-state index is 0. The second-order valence-corrected chi connectivity index (χ2v) is 5.75. The molecule has 0 atom stereocenters. The molecule has 0 spiro atoms. The van der Waals surface area contributed by atoms with Crippen molar-refractivity contribution in [2.24, 2.45) is 0 Å². The van der Waals surface area contributed by atoms with Gasteiger partial charge in [0.15, 0.2) is 0 Å². The quantitative estimate of drug-likeness (QED) is 0.444. The van der Waals surface area contributed by atoms with E-state index in [4.69, 9.17) is 4.55 Å². The van der Waals surface area contributed by atoms with Crippen LogP contribution in [-0.4, -0.2) is 18.7 Å². The number of hydrogen-bond donors (Lipinski definition) is 1. The average Bonchev–Trinajstić information content (AvgIpc) is 2.16. The maximum atomic E-state index is 10.5. The fraction of sp³-hybridized carbons (Fsp3) is 0.500. The first-order chi connectivity index (χ1) is 7.38. The summed E-state index contributed by atoms with van der Waals surface area (Å²) in [7, 11) is -3.80.